The van der Waals surface area contributed by atoms with Gasteiger partial charge in [0.15, 0.2) is 10.9 Å². The molecule has 2 aromatic heterocycles. The highest BCUT2D eigenvalue weighted by atomic mass is 32.2. The Bertz CT molecular complexity index is 928. The van der Waals surface area contributed by atoms with E-state index >= 15 is 0 Å². The third-order valence-corrected chi connectivity index (χ3v) is 7.15. The van der Waals surface area contributed by atoms with Crippen molar-refractivity contribution in [3.8, 4) is 0 Å². The van der Waals surface area contributed by atoms with Gasteiger partial charge in [-0.1, -0.05) is 25.6 Å². The van der Waals surface area contributed by atoms with Crippen LogP contribution in [0, 0.1) is 12.8 Å². The van der Waals surface area contributed by atoms with E-state index in [9.17, 15) is 0 Å². The molecule has 1 fully saturated rings. The molecule has 2 unspecified atom stereocenters. The molecule has 3 rings (SSSR count). The Balaban J connectivity index is 0.00000154. The van der Waals surface area contributed by atoms with E-state index in [2.05, 4.69) is 22.2 Å². The van der Waals surface area contributed by atoms with Gasteiger partial charge in [0.25, 0.3) is 0 Å². The molecule has 2 aromatic rings. The summed E-state index contributed by atoms with van der Waals surface area (Å²) in [5, 5.41) is 20.7. The Hall–Kier alpha value is -0.930. The van der Waals surface area contributed by atoms with E-state index in [1.807, 2.05) is 44.6 Å². The van der Waals surface area contributed by atoms with Crippen LogP contribution < -0.4 is 11.1 Å². The second kappa shape index (κ2) is 19.2. The summed E-state index contributed by atoms with van der Waals surface area (Å²) in [5.74, 6) is 0.782. The summed E-state index contributed by atoms with van der Waals surface area (Å²) in [6, 6.07) is 2.36. The summed E-state index contributed by atoms with van der Waals surface area (Å²) in [4.78, 5) is 14.6. The quantitative estimate of drug-likeness (QED) is 0.0915. The second-order valence-electron chi connectivity index (χ2n) is 9.01. The molecule has 0 spiro atoms. The van der Waals surface area contributed by atoms with Crippen LogP contribution in [-0.4, -0.2) is 68.3 Å². The second-order valence-corrected chi connectivity index (χ2v) is 11.9. The van der Waals surface area contributed by atoms with E-state index in [1.165, 1.54) is 32.5 Å². The van der Waals surface area contributed by atoms with Crippen LogP contribution in [0.15, 0.2) is 28.5 Å². The van der Waals surface area contributed by atoms with Crippen molar-refractivity contribution in [2.24, 2.45) is 5.92 Å². The van der Waals surface area contributed by atoms with Crippen molar-refractivity contribution in [3.63, 3.8) is 0 Å². The summed E-state index contributed by atoms with van der Waals surface area (Å²) < 4.78 is 7.69. The number of aryl methyl sites for hydroxylation is 1. The van der Waals surface area contributed by atoms with Crippen molar-refractivity contribution >= 4 is 60.8 Å². The van der Waals surface area contributed by atoms with Gasteiger partial charge in [0.05, 0.1) is 30.7 Å². The third-order valence-electron chi connectivity index (χ3n) is 4.95. The van der Waals surface area contributed by atoms with Gasteiger partial charge in [0.1, 0.15) is 5.82 Å². The summed E-state index contributed by atoms with van der Waals surface area (Å²) in [7, 11) is 3.98. The van der Waals surface area contributed by atoms with Gasteiger partial charge >= 0.3 is 0 Å². The van der Waals surface area contributed by atoms with E-state index in [-0.39, 0.29) is 13.5 Å². The molecule has 38 heavy (non-hydrogen) atoms. The third kappa shape index (κ3) is 15.0. The molecule has 0 bridgehead atoms. The van der Waals surface area contributed by atoms with Crippen molar-refractivity contribution < 1.29 is 14.4 Å². The highest BCUT2D eigenvalue weighted by Gasteiger charge is 2.26. The molecule has 1 aliphatic carbocycles. The zero-order chi connectivity index (χ0) is 28.0. The highest BCUT2D eigenvalue weighted by Crippen LogP contribution is 2.34. The van der Waals surface area contributed by atoms with Crippen molar-refractivity contribution in [3.05, 3.63) is 29.7 Å². The Morgan fingerprint density at radius 3 is 2.45 bits per heavy atom. The molecule has 1 saturated carbocycles. The van der Waals surface area contributed by atoms with E-state index < -0.39 is 5.79 Å². The molecule has 0 aromatic carbocycles. The zero-order valence-electron chi connectivity index (χ0n) is 23.8. The minimum Gasteiger partial charge on any atom is -0.397 e. The van der Waals surface area contributed by atoms with E-state index in [4.69, 9.17) is 25.1 Å². The Kier molecular flexibility index (Phi) is 18.7. The molecule has 9 nitrogen and oxygen atoms in total. The van der Waals surface area contributed by atoms with Gasteiger partial charge in [-0.05, 0) is 72.4 Å². The van der Waals surface area contributed by atoms with E-state index in [0.717, 1.165) is 52.3 Å². The fourth-order valence-corrected chi connectivity index (χ4v) is 5.31. The molecule has 0 saturated heterocycles. The molecular formula is C25H46N6O3S4. The van der Waals surface area contributed by atoms with Crippen LogP contribution in [0.3, 0.4) is 0 Å². The van der Waals surface area contributed by atoms with Crippen LogP contribution in [0.4, 0.5) is 11.5 Å². The smallest absolute Gasteiger partial charge is 0.189 e. The Morgan fingerprint density at radius 1 is 1.21 bits per heavy atom. The van der Waals surface area contributed by atoms with Crippen LogP contribution in [0.2, 0.25) is 0 Å². The molecule has 0 radical (unpaired) electrons. The molecule has 218 valence electrons. The van der Waals surface area contributed by atoms with Gasteiger partial charge in [-0.25, -0.2) is 14.3 Å². The predicted molar refractivity (Wildman–Crippen MR) is 169 cm³/mol. The molecule has 1 aliphatic rings. The van der Waals surface area contributed by atoms with Crippen LogP contribution in [0.5, 0.6) is 0 Å². The van der Waals surface area contributed by atoms with Gasteiger partial charge in [-0.2, -0.15) is 13.5 Å². The molecule has 0 amide bonds. The van der Waals surface area contributed by atoms with Crippen LogP contribution in [0.25, 0.3) is 0 Å². The zero-order valence-corrected chi connectivity index (χ0v) is 27.3. The van der Waals surface area contributed by atoms with E-state index in [1.54, 1.807) is 35.9 Å². The standard InChI is InChI=1S/C20H30N6OS3.C3H8O2.C2H6.H2S/c1-13-16(12-29-18-7-8-22-10-17(18)21)19(25-20(23-13)28-4)24-15-6-5-14(9-15)11-27-30-26(2)3;1-3(2,4)5;1-2;/h7-8,10,14-15H,5-6,9,11-12,21H2,1-4H3,(H,23,24,25);4-5H,1-2H3;1-2H3;1H2. The summed E-state index contributed by atoms with van der Waals surface area (Å²) in [5.41, 5.74) is 8.91. The summed E-state index contributed by atoms with van der Waals surface area (Å²) in [6.45, 7) is 9.44. The van der Waals surface area contributed by atoms with Crippen molar-refractivity contribution in [1.82, 2.24) is 19.3 Å². The summed E-state index contributed by atoms with van der Waals surface area (Å²) in [6.07, 6.45) is 8.86. The minimum atomic E-state index is -1.50. The molecule has 2 atom stereocenters. The molecule has 0 aliphatic heterocycles. The average molecular weight is 607 g/mol. The lowest BCUT2D eigenvalue weighted by Crippen LogP contribution is -2.19. The lowest BCUT2D eigenvalue weighted by atomic mass is 10.1. The lowest BCUT2D eigenvalue weighted by molar-refractivity contribution is -0.127. The van der Waals surface area contributed by atoms with Gasteiger partial charge < -0.3 is 25.4 Å². The molecule has 2 heterocycles. The number of pyridine rings is 1. The number of hydrogen-bond donors (Lipinski definition) is 4. The predicted octanol–water partition coefficient (Wildman–Crippen LogP) is 5.34. The Morgan fingerprint density at radius 2 is 1.87 bits per heavy atom. The first-order chi connectivity index (χ1) is 17.5. The van der Waals surface area contributed by atoms with Gasteiger partial charge in [0.2, 0.25) is 0 Å². The fraction of sp³-hybridized carbons (Fsp3) is 0.640. The molecule has 5 N–H and O–H groups in total. The number of thioether (sulfide) groups is 2. The molecule has 13 heteroatoms. The fourth-order valence-electron chi connectivity index (χ4n) is 3.41. The van der Waals surface area contributed by atoms with Crippen molar-refractivity contribution in [2.75, 3.05) is 38.0 Å². The van der Waals surface area contributed by atoms with Gasteiger partial charge in [-0.3, -0.25) is 4.98 Å². The number of aliphatic hydroxyl groups is 2. The molecular weight excluding hydrogens is 561 g/mol. The SMILES string of the molecule is CC.CC(C)(O)O.CSc1nc(C)c(CSc2ccncc2N)c(NC2CCC(COSN(C)C)C2)n1.S. The van der Waals surface area contributed by atoms with Crippen molar-refractivity contribution in [1.29, 1.82) is 0 Å². The van der Waals surface area contributed by atoms with Gasteiger partial charge in [0, 0.05) is 34.1 Å². The monoisotopic (exact) mass is 606 g/mol. The number of nitrogens with two attached hydrogens (primary N) is 1. The normalized spacial score (nSPS) is 16.6. The number of hydrogen-bond acceptors (Lipinski definition) is 12. The number of rotatable bonds is 10. The lowest BCUT2D eigenvalue weighted by Gasteiger charge is -2.19. The average Bonchev–Trinajstić information content (AvgIpc) is 3.26. The first-order valence-corrected chi connectivity index (χ1v) is 15.3. The largest absolute Gasteiger partial charge is 0.397 e. The number of anilines is 2. The van der Waals surface area contributed by atoms with Crippen LogP contribution in [-0.2, 0) is 9.94 Å². The highest BCUT2D eigenvalue weighted by molar-refractivity contribution is 7.98. The maximum Gasteiger partial charge on any atom is 0.189 e. The minimum absolute atomic E-state index is 0. The summed E-state index contributed by atoms with van der Waals surface area (Å²) >= 11 is 4.68. The first-order valence-electron chi connectivity index (χ1n) is 12.4. The van der Waals surface area contributed by atoms with Crippen LogP contribution >= 0.6 is 49.2 Å². The number of aromatic nitrogens is 3. The Labute approximate surface area is 248 Å². The van der Waals surface area contributed by atoms with E-state index in [0.29, 0.717) is 17.6 Å². The van der Waals surface area contributed by atoms with Crippen molar-refractivity contribution in [2.45, 2.75) is 81.5 Å². The van der Waals surface area contributed by atoms with Crippen LogP contribution in [0.1, 0.15) is 58.2 Å². The topological polar surface area (TPSA) is 130 Å². The first kappa shape index (κ1) is 37.1. The maximum atomic E-state index is 8.08. The number of nitrogen functional groups attached to an aromatic ring is 1. The number of nitrogens with zero attached hydrogens (tertiary/aromatic N) is 4. The van der Waals surface area contributed by atoms with Gasteiger partial charge in [-0.15, -0.1) is 11.8 Å². The maximum absolute atomic E-state index is 8.08. The number of nitrogens with one attached hydrogen (secondary N) is 1.